The van der Waals surface area contributed by atoms with Crippen molar-refractivity contribution < 1.29 is 14.3 Å². The van der Waals surface area contributed by atoms with E-state index in [2.05, 4.69) is 15.9 Å². The SMILES string of the molecule is Cc1c(Br)c(=O)n(-c2cc(C(=O)O)c(Cl)cc2F)c(=O)n1C. The van der Waals surface area contributed by atoms with Gasteiger partial charge in [0.1, 0.15) is 10.3 Å². The van der Waals surface area contributed by atoms with Gasteiger partial charge in [0.05, 0.1) is 16.3 Å². The number of carbonyl (C=O) groups is 1. The second-order valence-corrected chi connectivity index (χ2v) is 5.67. The average molecular weight is 392 g/mol. The number of rotatable bonds is 2. The summed E-state index contributed by atoms with van der Waals surface area (Å²) in [5.74, 6) is -2.38. The lowest BCUT2D eigenvalue weighted by Gasteiger charge is -2.13. The normalized spacial score (nSPS) is 10.8. The molecule has 0 bridgehead atoms. The largest absolute Gasteiger partial charge is 0.478 e. The molecular weight excluding hydrogens is 383 g/mol. The number of hydrogen-bond donors (Lipinski definition) is 1. The minimum Gasteiger partial charge on any atom is -0.478 e. The molecule has 0 atom stereocenters. The molecule has 116 valence electrons. The Kier molecular flexibility index (Phi) is 4.25. The lowest BCUT2D eigenvalue weighted by atomic mass is 10.2. The fourth-order valence-electron chi connectivity index (χ4n) is 1.87. The highest BCUT2D eigenvalue weighted by atomic mass is 79.9. The summed E-state index contributed by atoms with van der Waals surface area (Å²) in [7, 11) is 1.41. The van der Waals surface area contributed by atoms with E-state index in [0.717, 1.165) is 16.7 Å². The van der Waals surface area contributed by atoms with E-state index in [-0.39, 0.29) is 9.50 Å². The van der Waals surface area contributed by atoms with Gasteiger partial charge < -0.3 is 5.11 Å². The minimum absolute atomic E-state index is 0.0702. The Balaban J connectivity index is 2.96. The fourth-order valence-corrected chi connectivity index (χ4v) is 2.54. The molecule has 0 aliphatic heterocycles. The van der Waals surface area contributed by atoms with E-state index >= 15 is 0 Å². The van der Waals surface area contributed by atoms with Gasteiger partial charge in [-0.05, 0) is 35.0 Å². The summed E-state index contributed by atoms with van der Waals surface area (Å²) in [5.41, 5.74) is -2.13. The van der Waals surface area contributed by atoms with Crippen LogP contribution in [0.1, 0.15) is 16.1 Å². The van der Waals surface area contributed by atoms with Crippen LogP contribution >= 0.6 is 27.5 Å². The summed E-state index contributed by atoms with van der Waals surface area (Å²) < 4.78 is 15.9. The number of benzene rings is 1. The van der Waals surface area contributed by atoms with Crippen LogP contribution in [-0.4, -0.2) is 20.2 Å². The summed E-state index contributed by atoms with van der Waals surface area (Å²) >= 11 is 8.69. The van der Waals surface area contributed by atoms with Crippen LogP contribution < -0.4 is 11.2 Å². The van der Waals surface area contributed by atoms with Crippen LogP contribution in [0.4, 0.5) is 4.39 Å². The Labute approximate surface area is 136 Å². The van der Waals surface area contributed by atoms with Gasteiger partial charge in [-0.15, -0.1) is 0 Å². The second kappa shape index (κ2) is 5.69. The molecule has 0 spiro atoms. The molecule has 2 aromatic rings. The first-order valence-corrected chi connectivity index (χ1v) is 7.04. The van der Waals surface area contributed by atoms with Gasteiger partial charge in [-0.25, -0.2) is 18.5 Å². The van der Waals surface area contributed by atoms with E-state index < -0.39 is 34.3 Å². The van der Waals surface area contributed by atoms with Crippen LogP contribution in [0.5, 0.6) is 0 Å². The van der Waals surface area contributed by atoms with Crippen LogP contribution in [0.2, 0.25) is 5.02 Å². The minimum atomic E-state index is -1.40. The van der Waals surface area contributed by atoms with Crippen LogP contribution in [0.25, 0.3) is 5.69 Å². The maximum atomic E-state index is 14.1. The summed E-state index contributed by atoms with van der Waals surface area (Å²) in [6.07, 6.45) is 0. The highest BCUT2D eigenvalue weighted by Gasteiger charge is 2.20. The number of carboxylic acids is 1. The Bertz CT molecular complexity index is 882. The average Bonchev–Trinajstić information content (AvgIpc) is 2.45. The molecule has 2 rings (SSSR count). The van der Waals surface area contributed by atoms with Crippen LogP contribution in [0.15, 0.2) is 26.2 Å². The van der Waals surface area contributed by atoms with Gasteiger partial charge in [-0.2, -0.15) is 0 Å². The Morgan fingerprint density at radius 2 is 1.95 bits per heavy atom. The summed E-state index contributed by atoms with van der Waals surface area (Å²) in [6, 6.07) is 1.60. The van der Waals surface area contributed by atoms with Crippen LogP contribution in [0, 0.1) is 12.7 Å². The highest BCUT2D eigenvalue weighted by Crippen LogP contribution is 2.22. The predicted molar refractivity (Wildman–Crippen MR) is 81.6 cm³/mol. The number of aromatic carboxylic acids is 1. The van der Waals surface area contributed by atoms with Gasteiger partial charge in [-0.3, -0.25) is 9.36 Å². The second-order valence-electron chi connectivity index (χ2n) is 4.47. The number of aromatic nitrogens is 2. The maximum Gasteiger partial charge on any atom is 0.337 e. The topological polar surface area (TPSA) is 81.3 Å². The Hall–Kier alpha value is -1.93. The molecule has 1 heterocycles. The van der Waals surface area contributed by atoms with E-state index in [1.807, 2.05) is 0 Å². The van der Waals surface area contributed by atoms with E-state index in [1.54, 1.807) is 0 Å². The monoisotopic (exact) mass is 390 g/mol. The molecule has 1 aromatic heterocycles. The number of carboxylic acid groups (broad SMARTS) is 1. The standard InChI is InChI=1S/C13H9BrClFN2O4/c1-5-10(14)11(19)18(13(22)17(5)2)9-3-6(12(20)21)7(15)4-8(9)16/h3-4H,1-2H3,(H,20,21). The summed E-state index contributed by atoms with van der Waals surface area (Å²) in [6.45, 7) is 1.54. The fraction of sp³-hybridized carbons (Fsp3) is 0.154. The Morgan fingerprint density at radius 1 is 1.36 bits per heavy atom. The first-order valence-electron chi connectivity index (χ1n) is 5.87. The van der Waals surface area contributed by atoms with Crippen molar-refractivity contribution in [2.75, 3.05) is 0 Å². The third-order valence-electron chi connectivity index (χ3n) is 3.20. The zero-order valence-corrected chi connectivity index (χ0v) is 13.7. The van der Waals surface area contributed by atoms with E-state index in [9.17, 15) is 18.8 Å². The molecular formula is C13H9BrClFN2O4. The summed E-state index contributed by atoms with van der Waals surface area (Å²) in [4.78, 5) is 35.6. The molecule has 9 heteroatoms. The van der Waals surface area contributed by atoms with Gasteiger partial charge in [-0.1, -0.05) is 11.6 Å². The molecule has 0 aliphatic carbocycles. The smallest absolute Gasteiger partial charge is 0.337 e. The predicted octanol–water partition coefficient (Wildman–Crippen LogP) is 2.10. The van der Waals surface area contributed by atoms with Crippen molar-refractivity contribution >= 4 is 33.5 Å². The summed E-state index contributed by atoms with van der Waals surface area (Å²) in [5, 5.41) is 8.70. The van der Waals surface area contributed by atoms with Crippen molar-refractivity contribution in [3.63, 3.8) is 0 Å². The van der Waals surface area contributed by atoms with Crippen molar-refractivity contribution in [1.29, 1.82) is 0 Å². The third kappa shape index (κ3) is 2.48. The van der Waals surface area contributed by atoms with Crippen LogP contribution in [0.3, 0.4) is 0 Å². The number of hydrogen-bond acceptors (Lipinski definition) is 3. The van der Waals surface area contributed by atoms with Crippen molar-refractivity contribution in [1.82, 2.24) is 9.13 Å². The van der Waals surface area contributed by atoms with Gasteiger partial charge in [0.15, 0.2) is 0 Å². The van der Waals surface area contributed by atoms with E-state index in [4.69, 9.17) is 16.7 Å². The van der Waals surface area contributed by atoms with Gasteiger partial charge in [0.25, 0.3) is 5.56 Å². The number of halogens is 3. The zero-order valence-electron chi connectivity index (χ0n) is 11.4. The molecule has 22 heavy (non-hydrogen) atoms. The molecule has 0 unspecified atom stereocenters. The van der Waals surface area contributed by atoms with Crippen molar-refractivity contribution in [2.24, 2.45) is 7.05 Å². The van der Waals surface area contributed by atoms with E-state index in [1.165, 1.54) is 14.0 Å². The quantitative estimate of drug-likeness (QED) is 0.850. The lowest BCUT2D eigenvalue weighted by molar-refractivity contribution is 0.0697. The van der Waals surface area contributed by atoms with Gasteiger partial charge in [0, 0.05) is 12.7 Å². The van der Waals surface area contributed by atoms with Crippen molar-refractivity contribution in [3.05, 3.63) is 59.5 Å². The molecule has 0 aliphatic rings. The highest BCUT2D eigenvalue weighted by molar-refractivity contribution is 9.10. The van der Waals surface area contributed by atoms with Gasteiger partial charge >= 0.3 is 11.7 Å². The molecule has 0 fully saturated rings. The number of nitrogens with zero attached hydrogens (tertiary/aromatic N) is 2. The Morgan fingerprint density at radius 3 is 2.50 bits per heavy atom. The molecule has 6 nitrogen and oxygen atoms in total. The third-order valence-corrected chi connectivity index (χ3v) is 4.42. The molecule has 1 N–H and O–H groups in total. The van der Waals surface area contributed by atoms with Crippen molar-refractivity contribution in [3.8, 4) is 5.69 Å². The zero-order chi connectivity index (χ0) is 16.8. The van der Waals surface area contributed by atoms with Crippen molar-refractivity contribution in [2.45, 2.75) is 6.92 Å². The molecule has 1 aromatic carbocycles. The lowest BCUT2D eigenvalue weighted by Crippen LogP contribution is -2.40. The maximum absolute atomic E-state index is 14.1. The first kappa shape index (κ1) is 16.4. The molecule has 0 amide bonds. The van der Waals surface area contributed by atoms with E-state index in [0.29, 0.717) is 10.3 Å². The molecule has 0 saturated heterocycles. The van der Waals surface area contributed by atoms with Crippen LogP contribution in [-0.2, 0) is 7.05 Å². The van der Waals surface area contributed by atoms with Gasteiger partial charge in [0.2, 0.25) is 0 Å². The first-order chi connectivity index (χ1) is 10.2. The molecule has 0 radical (unpaired) electrons. The molecule has 0 saturated carbocycles.